The molecule has 0 fully saturated rings. The monoisotopic (exact) mass is 390 g/mol. The number of aryl methyl sites for hydroxylation is 2. The highest BCUT2D eigenvalue weighted by Crippen LogP contribution is 2.24. The van der Waals surface area contributed by atoms with Gasteiger partial charge in [0.05, 0.1) is 12.1 Å². The number of aromatic nitrogens is 5. The zero-order valence-corrected chi connectivity index (χ0v) is 16.3. The summed E-state index contributed by atoms with van der Waals surface area (Å²) in [5.74, 6) is 0.521. The lowest BCUT2D eigenvalue weighted by molar-refractivity contribution is -0.115. The van der Waals surface area contributed by atoms with E-state index >= 15 is 0 Å². The second kappa shape index (κ2) is 7.69. The second-order valence-electron chi connectivity index (χ2n) is 6.44. The van der Waals surface area contributed by atoms with Crippen LogP contribution < -0.4 is 5.32 Å². The van der Waals surface area contributed by atoms with E-state index in [2.05, 4.69) is 44.9 Å². The van der Waals surface area contributed by atoms with Gasteiger partial charge in [-0.3, -0.25) is 4.79 Å². The third kappa shape index (κ3) is 3.96. The van der Waals surface area contributed by atoms with E-state index in [0.717, 1.165) is 21.8 Å². The number of nitrogens with one attached hydrogen (secondary N) is 1. The van der Waals surface area contributed by atoms with E-state index in [1.54, 1.807) is 23.1 Å². The topological polar surface area (TPSA) is 85.6 Å². The van der Waals surface area contributed by atoms with Crippen LogP contribution in [-0.4, -0.2) is 31.1 Å². The molecule has 28 heavy (non-hydrogen) atoms. The van der Waals surface area contributed by atoms with E-state index in [0.29, 0.717) is 11.5 Å². The molecule has 0 aliphatic heterocycles. The van der Waals surface area contributed by atoms with Gasteiger partial charge in [0.25, 0.3) is 0 Å². The summed E-state index contributed by atoms with van der Waals surface area (Å²) in [5.41, 5.74) is 4.55. The number of anilines is 1. The van der Waals surface area contributed by atoms with Gasteiger partial charge in [-0.1, -0.05) is 42.0 Å². The Labute approximate surface area is 166 Å². The third-order valence-electron chi connectivity index (χ3n) is 4.22. The van der Waals surface area contributed by atoms with Gasteiger partial charge in [-0.2, -0.15) is 0 Å². The van der Waals surface area contributed by atoms with Crippen molar-refractivity contribution in [3.05, 3.63) is 65.2 Å². The van der Waals surface area contributed by atoms with E-state index < -0.39 is 0 Å². The number of hydrogen-bond donors (Lipinski definition) is 1. The average molecular weight is 390 g/mol. The van der Waals surface area contributed by atoms with E-state index in [1.807, 2.05) is 41.8 Å². The molecule has 1 amide bonds. The highest BCUT2D eigenvalue weighted by molar-refractivity contribution is 7.13. The van der Waals surface area contributed by atoms with Crippen molar-refractivity contribution in [1.29, 1.82) is 0 Å². The lowest BCUT2D eigenvalue weighted by Crippen LogP contribution is -2.14. The Kier molecular flexibility index (Phi) is 4.94. The zero-order chi connectivity index (χ0) is 19.5. The number of tetrazole rings is 1. The molecule has 4 rings (SSSR count). The van der Waals surface area contributed by atoms with Crippen LogP contribution >= 0.6 is 11.3 Å². The van der Waals surface area contributed by atoms with Crippen molar-refractivity contribution in [2.45, 2.75) is 13.3 Å². The molecule has 2 heterocycles. The van der Waals surface area contributed by atoms with Crippen LogP contribution in [0.4, 0.5) is 5.69 Å². The summed E-state index contributed by atoms with van der Waals surface area (Å²) < 4.78 is 1.59. The third-order valence-corrected chi connectivity index (χ3v) is 5.16. The van der Waals surface area contributed by atoms with Gasteiger partial charge in [-0.15, -0.1) is 16.4 Å². The minimum atomic E-state index is -0.117. The van der Waals surface area contributed by atoms with Gasteiger partial charge in [0.1, 0.15) is 5.01 Å². The van der Waals surface area contributed by atoms with Crippen LogP contribution in [0.1, 0.15) is 11.3 Å². The number of rotatable bonds is 5. The Bertz CT molecular complexity index is 1120. The smallest absolute Gasteiger partial charge is 0.230 e. The average Bonchev–Trinajstić information content (AvgIpc) is 3.31. The molecule has 2 aromatic heterocycles. The summed E-state index contributed by atoms with van der Waals surface area (Å²) in [6, 6.07) is 15.7. The van der Waals surface area contributed by atoms with Gasteiger partial charge in [0.2, 0.25) is 5.91 Å². The fourth-order valence-electron chi connectivity index (χ4n) is 2.80. The first-order chi connectivity index (χ1) is 13.6. The Morgan fingerprint density at radius 2 is 1.96 bits per heavy atom. The van der Waals surface area contributed by atoms with Crippen molar-refractivity contribution < 1.29 is 4.79 Å². The molecule has 0 bridgehead atoms. The van der Waals surface area contributed by atoms with Gasteiger partial charge >= 0.3 is 0 Å². The van der Waals surface area contributed by atoms with Crippen LogP contribution in [0.5, 0.6) is 0 Å². The molecule has 0 saturated carbocycles. The Balaban J connectivity index is 1.44. The van der Waals surface area contributed by atoms with Crippen LogP contribution in [0, 0.1) is 6.92 Å². The lowest BCUT2D eigenvalue weighted by atomic mass is 10.1. The molecule has 0 atom stereocenters. The highest BCUT2D eigenvalue weighted by Gasteiger charge is 2.11. The number of carbonyl (C=O) groups excluding carboxylic acids is 1. The molecular formula is C20H18N6OS. The van der Waals surface area contributed by atoms with Crippen molar-refractivity contribution in [3.63, 3.8) is 0 Å². The zero-order valence-electron chi connectivity index (χ0n) is 15.5. The minimum absolute atomic E-state index is 0.117. The maximum atomic E-state index is 12.4. The summed E-state index contributed by atoms with van der Waals surface area (Å²) in [4.78, 5) is 17.0. The number of amides is 1. The Hall–Kier alpha value is -3.39. The number of carbonyl (C=O) groups is 1. The summed E-state index contributed by atoms with van der Waals surface area (Å²) in [5, 5.41) is 17.2. The van der Waals surface area contributed by atoms with E-state index in [9.17, 15) is 4.79 Å². The quantitative estimate of drug-likeness (QED) is 0.564. The van der Waals surface area contributed by atoms with E-state index in [1.165, 1.54) is 5.56 Å². The van der Waals surface area contributed by atoms with Crippen molar-refractivity contribution in [3.8, 4) is 22.0 Å². The van der Waals surface area contributed by atoms with Gasteiger partial charge in [-0.25, -0.2) is 9.67 Å². The molecule has 2 aromatic carbocycles. The SMILES string of the molecule is Cc1ccc(-c2nc(CC(=O)Nc3cccc(-c4nnnn4C)c3)cs2)cc1. The second-order valence-corrected chi connectivity index (χ2v) is 7.30. The van der Waals surface area contributed by atoms with Gasteiger partial charge in [0.15, 0.2) is 5.82 Å². The maximum absolute atomic E-state index is 12.4. The first-order valence-corrected chi connectivity index (χ1v) is 9.60. The molecular weight excluding hydrogens is 372 g/mol. The molecule has 140 valence electrons. The van der Waals surface area contributed by atoms with Crippen LogP contribution in [0.3, 0.4) is 0 Å². The number of benzene rings is 2. The Morgan fingerprint density at radius 1 is 1.14 bits per heavy atom. The molecule has 8 heteroatoms. The number of hydrogen-bond acceptors (Lipinski definition) is 6. The highest BCUT2D eigenvalue weighted by atomic mass is 32.1. The fraction of sp³-hybridized carbons (Fsp3) is 0.150. The molecule has 0 saturated heterocycles. The molecule has 7 nitrogen and oxygen atoms in total. The van der Waals surface area contributed by atoms with E-state index in [4.69, 9.17) is 0 Å². The number of thiazole rings is 1. The van der Waals surface area contributed by atoms with Crippen LogP contribution in [0.25, 0.3) is 22.0 Å². The van der Waals surface area contributed by atoms with Gasteiger partial charge in [0, 0.05) is 29.2 Å². The lowest BCUT2D eigenvalue weighted by Gasteiger charge is -2.06. The Morgan fingerprint density at radius 3 is 2.71 bits per heavy atom. The molecule has 1 N–H and O–H groups in total. The molecule has 0 radical (unpaired) electrons. The predicted octanol–water partition coefficient (Wildman–Crippen LogP) is 3.49. The fourth-order valence-corrected chi connectivity index (χ4v) is 3.62. The minimum Gasteiger partial charge on any atom is -0.326 e. The normalized spacial score (nSPS) is 10.8. The molecule has 0 aliphatic rings. The molecule has 4 aromatic rings. The maximum Gasteiger partial charge on any atom is 0.230 e. The van der Waals surface area contributed by atoms with Crippen molar-refractivity contribution in [2.24, 2.45) is 7.05 Å². The summed E-state index contributed by atoms with van der Waals surface area (Å²) in [7, 11) is 1.77. The summed E-state index contributed by atoms with van der Waals surface area (Å²) in [6.07, 6.45) is 0.220. The first-order valence-electron chi connectivity index (χ1n) is 8.72. The van der Waals surface area contributed by atoms with Crippen LogP contribution in [-0.2, 0) is 18.3 Å². The summed E-state index contributed by atoms with van der Waals surface area (Å²) in [6.45, 7) is 2.05. The first kappa shape index (κ1) is 18.0. The molecule has 0 aliphatic carbocycles. The largest absolute Gasteiger partial charge is 0.326 e. The predicted molar refractivity (Wildman–Crippen MR) is 109 cm³/mol. The van der Waals surface area contributed by atoms with Crippen molar-refractivity contribution >= 4 is 22.9 Å². The van der Waals surface area contributed by atoms with E-state index in [-0.39, 0.29) is 12.3 Å². The van der Waals surface area contributed by atoms with Crippen LogP contribution in [0.15, 0.2) is 53.9 Å². The van der Waals surface area contributed by atoms with Crippen molar-refractivity contribution in [1.82, 2.24) is 25.2 Å². The molecule has 0 spiro atoms. The van der Waals surface area contributed by atoms with Gasteiger partial charge < -0.3 is 5.32 Å². The van der Waals surface area contributed by atoms with Crippen molar-refractivity contribution in [2.75, 3.05) is 5.32 Å². The van der Waals surface area contributed by atoms with Gasteiger partial charge in [-0.05, 0) is 29.5 Å². The number of nitrogens with zero attached hydrogens (tertiary/aromatic N) is 5. The summed E-state index contributed by atoms with van der Waals surface area (Å²) >= 11 is 1.54. The van der Waals surface area contributed by atoms with Crippen LogP contribution in [0.2, 0.25) is 0 Å². The standard InChI is InChI=1S/C20H18N6OS/c1-13-6-8-14(9-7-13)20-22-17(12-28-20)11-18(27)21-16-5-3-4-15(10-16)19-23-24-25-26(19)2/h3-10,12H,11H2,1-2H3,(H,21,27). The molecule has 0 unspecified atom stereocenters.